The lowest BCUT2D eigenvalue weighted by atomic mass is 10.0. The molecule has 0 aromatic heterocycles. The van der Waals surface area contributed by atoms with E-state index in [1.54, 1.807) is 0 Å². The van der Waals surface area contributed by atoms with Crippen LogP contribution >= 0.6 is 0 Å². The van der Waals surface area contributed by atoms with Crippen LogP contribution in [0.3, 0.4) is 0 Å². The Labute approximate surface area is 211 Å². The van der Waals surface area contributed by atoms with Gasteiger partial charge in [-0.1, -0.05) is 78.9 Å². The van der Waals surface area contributed by atoms with Gasteiger partial charge in [-0.2, -0.15) is 0 Å². The maximum atomic E-state index is 10.2. The number of ether oxygens (including phenoxy) is 2. The van der Waals surface area contributed by atoms with E-state index in [1.165, 1.54) is 4.90 Å². The summed E-state index contributed by atoms with van der Waals surface area (Å²) in [5.41, 5.74) is 2.33. The van der Waals surface area contributed by atoms with E-state index in [9.17, 15) is 5.11 Å². The molecule has 0 saturated carbocycles. The molecule has 3 N–H and O–H groups in total. The average molecular weight is 496 g/mol. The normalized spacial score (nSPS) is 12.2. The SMILES string of the molecule is C[NH+](CCCOC(c1ccccc1)c1ccccc1)CC(O)COc1ccccc1.O=C([O-])C(=O)O. The summed E-state index contributed by atoms with van der Waals surface area (Å²) in [6.07, 6.45) is 0.374. The fourth-order valence-electron chi connectivity index (χ4n) is 3.49. The van der Waals surface area contributed by atoms with Gasteiger partial charge >= 0.3 is 5.97 Å². The molecule has 3 rings (SSSR count). The highest BCUT2D eigenvalue weighted by Gasteiger charge is 2.15. The first kappa shape index (κ1) is 28.5. The van der Waals surface area contributed by atoms with Crippen molar-refractivity contribution in [1.29, 1.82) is 0 Å². The van der Waals surface area contributed by atoms with E-state index >= 15 is 0 Å². The lowest BCUT2D eigenvalue weighted by molar-refractivity contribution is -0.883. The Bertz CT molecular complexity index is 964. The van der Waals surface area contributed by atoms with Gasteiger partial charge in [0, 0.05) is 6.42 Å². The van der Waals surface area contributed by atoms with Crippen molar-refractivity contribution in [2.75, 3.05) is 33.4 Å². The van der Waals surface area contributed by atoms with Crippen LogP contribution in [0.5, 0.6) is 5.75 Å². The number of benzene rings is 3. The van der Waals surface area contributed by atoms with Crippen LogP contribution in [-0.4, -0.2) is 61.6 Å². The summed E-state index contributed by atoms with van der Waals surface area (Å²) in [7, 11) is 2.09. The van der Waals surface area contributed by atoms with E-state index < -0.39 is 18.0 Å². The van der Waals surface area contributed by atoms with Crippen molar-refractivity contribution in [3.05, 3.63) is 102 Å². The lowest BCUT2D eigenvalue weighted by Crippen LogP contribution is -3.10. The van der Waals surface area contributed by atoms with Gasteiger partial charge in [-0.25, -0.2) is 4.79 Å². The van der Waals surface area contributed by atoms with E-state index in [1.807, 2.05) is 66.7 Å². The number of para-hydroxylation sites is 1. The highest BCUT2D eigenvalue weighted by atomic mass is 16.5. The minimum atomic E-state index is -2.07. The van der Waals surface area contributed by atoms with Crippen molar-refractivity contribution in [1.82, 2.24) is 0 Å². The molecule has 0 aliphatic rings. The smallest absolute Gasteiger partial charge is 0.351 e. The summed E-state index contributed by atoms with van der Waals surface area (Å²) in [4.78, 5) is 19.3. The van der Waals surface area contributed by atoms with Crippen LogP contribution in [-0.2, 0) is 14.3 Å². The molecular formula is C28H33NO7. The van der Waals surface area contributed by atoms with Gasteiger partial charge in [-0.15, -0.1) is 0 Å². The fourth-order valence-corrected chi connectivity index (χ4v) is 3.49. The Hall–Kier alpha value is -3.72. The number of aliphatic carboxylic acids is 2. The standard InChI is InChI=1S/C26H31NO3.C2H2O4/c1-27(20-24(28)21-30-25-16-9-4-10-17-25)18-11-19-29-26(22-12-5-2-6-13-22)23-14-7-3-8-15-23;3-1(4)2(5)6/h2-10,12-17,24,26,28H,11,18-21H2,1H3;(H,3,4)(H,5,6). The highest BCUT2D eigenvalue weighted by Crippen LogP contribution is 2.25. The maximum absolute atomic E-state index is 10.2. The van der Waals surface area contributed by atoms with Crippen molar-refractivity contribution in [2.45, 2.75) is 18.6 Å². The predicted molar refractivity (Wildman–Crippen MR) is 133 cm³/mol. The number of rotatable bonds is 12. The Kier molecular flexibility index (Phi) is 12.7. The van der Waals surface area contributed by atoms with Crippen LogP contribution in [0.4, 0.5) is 0 Å². The molecule has 8 nitrogen and oxygen atoms in total. The van der Waals surface area contributed by atoms with Crippen LogP contribution in [0.2, 0.25) is 0 Å². The monoisotopic (exact) mass is 495 g/mol. The summed E-state index contributed by atoms with van der Waals surface area (Å²) in [6, 6.07) is 30.3. The molecule has 0 aliphatic heterocycles. The van der Waals surface area contributed by atoms with Gasteiger partial charge in [0.05, 0.1) is 20.2 Å². The topological polar surface area (TPSA) is 121 Å². The molecule has 0 fully saturated rings. The van der Waals surface area contributed by atoms with E-state index in [2.05, 4.69) is 31.3 Å². The average Bonchev–Trinajstić information content (AvgIpc) is 2.89. The second-order valence-corrected chi connectivity index (χ2v) is 8.21. The quantitative estimate of drug-likeness (QED) is 0.253. The first-order valence-corrected chi connectivity index (χ1v) is 11.7. The number of carboxylic acid groups (broad SMARTS) is 2. The van der Waals surface area contributed by atoms with Gasteiger partial charge < -0.3 is 34.5 Å². The van der Waals surface area contributed by atoms with Crippen molar-refractivity contribution in [3.8, 4) is 5.75 Å². The van der Waals surface area contributed by atoms with Gasteiger partial charge in [-0.05, 0) is 23.3 Å². The first-order valence-electron chi connectivity index (χ1n) is 11.7. The third kappa shape index (κ3) is 11.1. The van der Waals surface area contributed by atoms with Crippen molar-refractivity contribution >= 4 is 11.9 Å². The number of nitrogens with one attached hydrogen (secondary N) is 1. The number of aliphatic hydroxyl groups excluding tert-OH is 1. The number of carboxylic acids is 2. The van der Waals surface area contributed by atoms with Gasteiger partial charge in [0.25, 0.3) is 0 Å². The molecule has 0 heterocycles. The Balaban J connectivity index is 0.000000678. The zero-order valence-electron chi connectivity index (χ0n) is 20.3. The molecule has 8 heteroatoms. The molecule has 0 amide bonds. The van der Waals surface area contributed by atoms with Crippen LogP contribution in [0, 0.1) is 0 Å². The Morgan fingerprint density at radius 2 is 1.36 bits per heavy atom. The van der Waals surface area contributed by atoms with Gasteiger partial charge in [0.2, 0.25) is 0 Å². The van der Waals surface area contributed by atoms with Gasteiger partial charge in [0.1, 0.15) is 31.1 Å². The number of quaternary nitrogens is 1. The van der Waals surface area contributed by atoms with Crippen LogP contribution in [0.15, 0.2) is 91.0 Å². The molecule has 0 radical (unpaired) electrons. The Morgan fingerprint density at radius 1 is 0.889 bits per heavy atom. The molecule has 192 valence electrons. The molecule has 0 aliphatic carbocycles. The lowest BCUT2D eigenvalue weighted by Gasteiger charge is -2.21. The molecule has 0 bridgehead atoms. The van der Waals surface area contributed by atoms with Crippen LogP contribution in [0.1, 0.15) is 23.7 Å². The largest absolute Gasteiger partial charge is 0.539 e. The third-order valence-electron chi connectivity index (χ3n) is 5.18. The summed E-state index contributed by atoms with van der Waals surface area (Å²) >= 11 is 0. The van der Waals surface area contributed by atoms with Crippen molar-refractivity contribution in [2.24, 2.45) is 0 Å². The summed E-state index contributed by atoms with van der Waals surface area (Å²) in [5, 5.41) is 26.6. The summed E-state index contributed by atoms with van der Waals surface area (Å²) < 4.78 is 11.9. The van der Waals surface area contributed by atoms with Crippen molar-refractivity contribution in [3.63, 3.8) is 0 Å². The zero-order chi connectivity index (χ0) is 26.2. The molecule has 2 unspecified atom stereocenters. The molecule has 2 atom stereocenters. The minimum Gasteiger partial charge on any atom is -0.539 e. The zero-order valence-corrected chi connectivity index (χ0v) is 20.3. The number of hydrogen-bond donors (Lipinski definition) is 3. The van der Waals surface area contributed by atoms with Gasteiger partial charge in [0.15, 0.2) is 5.97 Å². The third-order valence-corrected chi connectivity index (χ3v) is 5.18. The van der Waals surface area contributed by atoms with E-state index in [-0.39, 0.29) is 6.10 Å². The number of hydrogen-bond acceptors (Lipinski definition) is 6. The highest BCUT2D eigenvalue weighted by molar-refractivity contribution is 6.26. The number of carbonyl (C=O) groups excluding carboxylic acids is 1. The van der Waals surface area contributed by atoms with E-state index in [0.717, 1.165) is 29.8 Å². The summed E-state index contributed by atoms with van der Waals surface area (Å²) in [6.45, 7) is 2.55. The molecule has 0 spiro atoms. The minimum absolute atomic E-state index is 0.0578. The molecule has 3 aromatic rings. The molecular weight excluding hydrogens is 462 g/mol. The number of carbonyl (C=O) groups is 2. The first-order chi connectivity index (χ1) is 17.4. The molecule has 36 heavy (non-hydrogen) atoms. The predicted octanol–water partition coefficient (Wildman–Crippen LogP) is 0.958. The maximum Gasteiger partial charge on any atom is 0.351 e. The van der Waals surface area contributed by atoms with Crippen LogP contribution < -0.4 is 14.7 Å². The van der Waals surface area contributed by atoms with Crippen LogP contribution in [0.25, 0.3) is 0 Å². The number of likely N-dealkylation sites (N-methyl/N-ethyl adjacent to an activating group) is 1. The fraction of sp³-hybridized carbons (Fsp3) is 0.286. The summed E-state index contributed by atoms with van der Waals surface area (Å²) in [5.74, 6) is -3.22. The second-order valence-electron chi connectivity index (χ2n) is 8.21. The van der Waals surface area contributed by atoms with E-state index in [0.29, 0.717) is 19.8 Å². The molecule has 3 aromatic carbocycles. The number of aliphatic hydroxyl groups is 1. The Morgan fingerprint density at radius 3 is 1.83 bits per heavy atom. The second kappa shape index (κ2) is 16.0. The molecule has 0 saturated heterocycles. The van der Waals surface area contributed by atoms with E-state index in [4.69, 9.17) is 29.3 Å². The van der Waals surface area contributed by atoms with Gasteiger partial charge in [-0.3, -0.25) is 0 Å². The van der Waals surface area contributed by atoms with Crippen molar-refractivity contribution < 1.29 is 39.3 Å².